The van der Waals surface area contributed by atoms with Crippen LogP contribution in [0.5, 0.6) is 5.75 Å². The zero-order chi connectivity index (χ0) is 20.2. The summed E-state index contributed by atoms with van der Waals surface area (Å²) in [7, 11) is 0. The summed E-state index contributed by atoms with van der Waals surface area (Å²) in [6, 6.07) is 24.3. The van der Waals surface area contributed by atoms with Gasteiger partial charge in [0.25, 0.3) is 0 Å². The van der Waals surface area contributed by atoms with E-state index in [4.69, 9.17) is 0 Å². The van der Waals surface area contributed by atoms with Gasteiger partial charge in [-0.1, -0.05) is 74.4 Å². The highest BCUT2D eigenvalue weighted by atomic mass is 19.3. The second-order valence-electron chi connectivity index (χ2n) is 7.42. The molecule has 4 rings (SSSR count). The van der Waals surface area contributed by atoms with Gasteiger partial charge in [-0.15, -0.1) is 0 Å². The summed E-state index contributed by atoms with van der Waals surface area (Å²) in [5.74, 6) is 0.172. The highest BCUT2D eigenvalue weighted by molar-refractivity contribution is 6.08. The van der Waals surface area contributed by atoms with Gasteiger partial charge in [-0.3, -0.25) is 0 Å². The second-order valence-corrected chi connectivity index (χ2v) is 7.42. The quantitative estimate of drug-likeness (QED) is 0.229. The van der Waals surface area contributed by atoms with Crippen LogP contribution in [0.2, 0.25) is 0 Å². The highest BCUT2D eigenvalue weighted by Crippen LogP contribution is 2.31. The lowest BCUT2D eigenvalue weighted by Gasteiger charge is -2.10. The smallest absolute Gasteiger partial charge is 0.387 e. The molecular weight excluding hydrogens is 366 g/mol. The van der Waals surface area contributed by atoms with Gasteiger partial charge in [-0.2, -0.15) is 8.78 Å². The average Bonchev–Trinajstić information content (AvgIpc) is 2.73. The Hall–Kier alpha value is -2.94. The number of fused-ring (bicyclic) bond motifs is 3. The molecule has 0 unspecified atom stereocenters. The number of hydrogen-bond donors (Lipinski definition) is 0. The fraction of sp³-hybridized carbons (Fsp3) is 0.231. The second kappa shape index (κ2) is 8.60. The van der Waals surface area contributed by atoms with Crippen LogP contribution in [0.25, 0.3) is 32.7 Å². The molecule has 29 heavy (non-hydrogen) atoms. The van der Waals surface area contributed by atoms with E-state index in [1.54, 1.807) is 12.1 Å². The maximum Gasteiger partial charge on any atom is 0.387 e. The minimum Gasteiger partial charge on any atom is -0.435 e. The first-order chi connectivity index (χ1) is 14.1. The molecule has 0 aromatic heterocycles. The minimum atomic E-state index is -2.80. The first-order valence-electron chi connectivity index (χ1n) is 10.1. The third kappa shape index (κ3) is 4.40. The Kier molecular flexibility index (Phi) is 5.75. The van der Waals surface area contributed by atoms with Crippen molar-refractivity contribution in [2.75, 3.05) is 0 Å². The van der Waals surface area contributed by atoms with Crippen molar-refractivity contribution in [3.05, 3.63) is 78.4 Å². The van der Waals surface area contributed by atoms with Gasteiger partial charge in [0.05, 0.1) is 0 Å². The number of halogens is 2. The molecule has 0 N–H and O–H groups in total. The van der Waals surface area contributed by atoms with Crippen LogP contribution < -0.4 is 4.74 Å². The first kappa shape index (κ1) is 19.4. The van der Waals surface area contributed by atoms with E-state index in [1.807, 2.05) is 12.1 Å². The molecule has 0 fully saturated rings. The Morgan fingerprint density at radius 3 is 2.07 bits per heavy atom. The van der Waals surface area contributed by atoms with E-state index < -0.39 is 6.61 Å². The van der Waals surface area contributed by atoms with Crippen LogP contribution in [-0.4, -0.2) is 6.61 Å². The number of benzene rings is 4. The van der Waals surface area contributed by atoms with Crippen molar-refractivity contribution in [3.8, 4) is 16.9 Å². The van der Waals surface area contributed by atoms with Crippen LogP contribution in [0.15, 0.2) is 72.8 Å². The van der Waals surface area contributed by atoms with Gasteiger partial charge in [0.1, 0.15) is 5.75 Å². The summed E-state index contributed by atoms with van der Waals surface area (Å²) in [6.07, 6.45) is 4.88. The van der Waals surface area contributed by atoms with Gasteiger partial charge >= 0.3 is 6.61 Å². The Bertz CT molecular complexity index is 1120. The Labute approximate surface area is 169 Å². The largest absolute Gasteiger partial charge is 0.435 e. The molecule has 0 bridgehead atoms. The van der Waals surface area contributed by atoms with Crippen molar-refractivity contribution >= 4 is 21.5 Å². The van der Waals surface area contributed by atoms with E-state index in [2.05, 4.69) is 60.2 Å². The van der Waals surface area contributed by atoms with Gasteiger partial charge in [-0.05, 0) is 69.3 Å². The van der Waals surface area contributed by atoms with Crippen molar-refractivity contribution in [2.24, 2.45) is 0 Å². The van der Waals surface area contributed by atoms with Gasteiger partial charge in [0, 0.05) is 0 Å². The molecule has 1 nitrogen and oxygen atoms in total. The van der Waals surface area contributed by atoms with Crippen LogP contribution in [-0.2, 0) is 6.42 Å². The van der Waals surface area contributed by atoms with Crippen LogP contribution in [0.1, 0.15) is 31.7 Å². The Morgan fingerprint density at radius 2 is 1.38 bits per heavy atom. The van der Waals surface area contributed by atoms with Crippen LogP contribution in [0, 0.1) is 0 Å². The summed E-state index contributed by atoms with van der Waals surface area (Å²) < 4.78 is 29.1. The van der Waals surface area contributed by atoms with Crippen molar-refractivity contribution in [3.63, 3.8) is 0 Å². The molecule has 0 radical (unpaired) electrons. The van der Waals surface area contributed by atoms with E-state index in [0.29, 0.717) is 0 Å². The van der Waals surface area contributed by atoms with Gasteiger partial charge in [0.2, 0.25) is 0 Å². The van der Waals surface area contributed by atoms with Crippen LogP contribution in [0.4, 0.5) is 8.78 Å². The topological polar surface area (TPSA) is 9.23 Å². The summed E-state index contributed by atoms with van der Waals surface area (Å²) in [6.45, 7) is -0.575. The minimum absolute atomic E-state index is 0.172. The summed E-state index contributed by atoms with van der Waals surface area (Å²) >= 11 is 0. The molecule has 0 atom stereocenters. The van der Waals surface area contributed by atoms with Crippen molar-refractivity contribution < 1.29 is 13.5 Å². The maximum absolute atomic E-state index is 12.3. The van der Waals surface area contributed by atoms with E-state index in [0.717, 1.165) is 17.5 Å². The highest BCUT2D eigenvalue weighted by Gasteiger charge is 2.07. The van der Waals surface area contributed by atoms with E-state index in [-0.39, 0.29) is 5.75 Å². The molecule has 0 aliphatic carbocycles. The molecule has 4 aromatic carbocycles. The molecular formula is C26H24F2O. The van der Waals surface area contributed by atoms with Gasteiger partial charge < -0.3 is 4.74 Å². The molecule has 4 aromatic rings. The number of aryl methyl sites for hydroxylation is 1. The van der Waals surface area contributed by atoms with Crippen LogP contribution >= 0.6 is 0 Å². The summed E-state index contributed by atoms with van der Waals surface area (Å²) in [4.78, 5) is 0. The molecule has 0 spiro atoms. The predicted molar refractivity (Wildman–Crippen MR) is 117 cm³/mol. The SMILES string of the molecule is CCCCCc1ccc2c(ccc3cc(-c4ccc(OC(F)F)cc4)ccc32)c1. The zero-order valence-electron chi connectivity index (χ0n) is 16.5. The molecule has 0 aliphatic rings. The van der Waals surface area contributed by atoms with Crippen molar-refractivity contribution in [1.82, 2.24) is 0 Å². The lowest BCUT2D eigenvalue weighted by Crippen LogP contribution is -2.01. The van der Waals surface area contributed by atoms with Crippen molar-refractivity contribution in [1.29, 1.82) is 0 Å². The normalized spacial score (nSPS) is 11.4. The fourth-order valence-corrected chi connectivity index (χ4v) is 3.86. The molecule has 0 saturated carbocycles. The van der Waals surface area contributed by atoms with Gasteiger partial charge in [0.15, 0.2) is 0 Å². The number of hydrogen-bond acceptors (Lipinski definition) is 1. The van der Waals surface area contributed by atoms with E-state index in [1.165, 1.54) is 46.4 Å². The van der Waals surface area contributed by atoms with Gasteiger partial charge in [-0.25, -0.2) is 0 Å². The Morgan fingerprint density at radius 1 is 0.724 bits per heavy atom. The average molecular weight is 390 g/mol. The number of ether oxygens (including phenoxy) is 1. The molecule has 0 amide bonds. The third-order valence-electron chi connectivity index (χ3n) is 5.38. The third-order valence-corrected chi connectivity index (χ3v) is 5.38. The predicted octanol–water partition coefficient (Wildman–Crippen LogP) is 7.99. The Balaban J connectivity index is 1.64. The maximum atomic E-state index is 12.3. The number of rotatable bonds is 7. The standard InChI is InChI=1S/C26H24F2O/c1-2-3-4-5-18-6-14-24-21(16-18)7-8-22-17-20(11-15-25(22)24)19-9-12-23(13-10-19)29-26(27)28/h6-17,26H,2-5H2,1H3. The van der Waals surface area contributed by atoms with Crippen LogP contribution in [0.3, 0.4) is 0 Å². The fourth-order valence-electron chi connectivity index (χ4n) is 3.86. The zero-order valence-corrected chi connectivity index (χ0v) is 16.5. The molecule has 0 saturated heterocycles. The molecule has 3 heteroatoms. The molecule has 148 valence electrons. The molecule has 0 aliphatic heterocycles. The van der Waals surface area contributed by atoms with Crippen molar-refractivity contribution in [2.45, 2.75) is 39.2 Å². The number of unbranched alkanes of at least 4 members (excludes halogenated alkanes) is 2. The molecule has 0 heterocycles. The lowest BCUT2D eigenvalue weighted by molar-refractivity contribution is -0.0498. The summed E-state index contributed by atoms with van der Waals surface area (Å²) in [5.41, 5.74) is 3.42. The number of alkyl halides is 2. The van der Waals surface area contributed by atoms with E-state index in [9.17, 15) is 8.78 Å². The van der Waals surface area contributed by atoms with E-state index >= 15 is 0 Å². The lowest BCUT2D eigenvalue weighted by atomic mass is 9.95. The monoisotopic (exact) mass is 390 g/mol. The first-order valence-corrected chi connectivity index (χ1v) is 10.1. The summed E-state index contributed by atoms with van der Waals surface area (Å²) in [5, 5.41) is 4.92.